The van der Waals surface area contributed by atoms with E-state index in [1.165, 1.54) is 0 Å². The Labute approximate surface area is 94.9 Å². The minimum Gasteiger partial charge on any atom is -0.354 e. The fourth-order valence-electron chi connectivity index (χ4n) is 1.50. The van der Waals surface area contributed by atoms with Gasteiger partial charge in [-0.2, -0.15) is 8.42 Å². The predicted molar refractivity (Wildman–Crippen MR) is 58.8 cm³/mol. The van der Waals surface area contributed by atoms with Gasteiger partial charge in [-0.15, -0.1) is 0 Å². The highest BCUT2D eigenvalue weighted by molar-refractivity contribution is 7.86. The summed E-state index contributed by atoms with van der Waals surface area (Å²) in [6.45, 7) is 3.63. The average molecular weight is 248 g/mol. The van der Waals surface area contributed by atoms with Crippen molar-refractivity contribution in [2.45, 2.75) is 38.6 Å². The maximum atomic E-state index is 11.6. The zero-order valence-electron chi connectivity index (χ0n) is 9.28. The van der Waals surface area contributed by atoms with Crippen LogP contribution in [0.5, 0.6) is 0 Å². The summed E-state index contributed by atoms with van der Waals surface area (Å²) in [6, 6.07) is 0. The Morgan fingerprint density at radius 3 is 2.44 bits per heavy atom. The third-order valence-electron chi connectivity index (χ3n) is 2.41. The van der Waals surface area contributed by atoms with Gasteiger partial charge in [-0.1, -0.05) is 13.3 Å². The smallest absolute Gasteiger partial charge is 0.305 e. The number of rotatable bonds is 4. The van der Waals surface area contributed by atoms with Crippen molar-refractivity contribution < 1.29 is 17.8 Å². The van der Waals surface area contributed by atoms with Crippen LogP contribution in [0.4, 0.5) is 0 Å². The van der Waals surface area contributed by atoms with Crippen molar-refractivity contribution in [3.8, 4) is 0 Å². The van der Waals surface area contributed by atoms with Gasteiger partial charge in [0, 0.05) is 11.3 Å². The number of amides is 1. The van der Waals surface area contributed by atoms with E-state index in [1.807, 2.05) is 6.92 Å². The van der Waals surface area contributed by atoms with E-state index in [0.29, 0.717) is 17.7 Å². The Bertz CT molecular complexity index is 413. The van der Waals surface area contributed by atoms with Gasteiger partial charge in [0.1, 0.15) is 0 Å². The van der Waals surface area contributed by atoms with E-state index in [-0.39, 0.29) is 0 Å². The number of nitrogens with one attached hydrogen (secondary N) is 2. The molecule has 16 heavy (non-hydrogen) atoms. The molecule has 0 aromatic heterocycles. The summed E-state index contributed by atoms with van der Waals surface area (Å²) in [5.41, 5.74) is -0.396. The summed E-state index contributed by atoms with van der Waals surface area (Å²) >= 11 is 0. The summed E-state index contributed by atoms with van der Waals surface area (Å²) in [4.78, 5) is 11.6. The molecule has 0 radical (unpaired) electrons. The maximum absolute atomic E-state index is 11.6. The molecule has 1 atom stereocenters. The normalized spacial score (nSPS) is 21.7. The highest BCUT2D eigenvalue weighted by Crippen LogP contribution is 2.16. The molecule has 0 aromatic carbocycles. The molecule has 92 valence electrons. The van der Waals surface area contributed by atoms with Gasteiger partial charge in [0.2, 0.25) is 5.50 Å². The lowest BCUT2D eigenvalue weighted by atomic mass is 10.1. The van der Waals surface area contributed by atoms with E-state index in [9.17, 15) is 13.2 Å². The molecule has 1 heterocycles. The minimum absolute atomic E-state index is 0.438. The maximum Gasteiger partial charge on any atom is 0.305 e. The fraction of sp³-hybridized carbons (Fsp3) is 0.667. The van der Waals surface area contributed by atoms with Crippen LogP contribution in [0.2, 0.25) is 0 Å². The fourth-order valence-corrected chi connectivity index (χ4v) is 2.08. The molecule has 0 saturated heterocycles. The van der Waals surface area contributed by atoms with Crippen LogP contribution in [-0.2, 0) is 14.9 Å². The van der Waals surface area contributed by atoms with E-state index in [4.69, 9.17) is 4.55 Å². The lowest BCUT2D eigenvalue weighted by Crippen LogP contribution is -2.54. The molecule has 0 fully saturated rings. The Morgan fingerprint density at radius 2 is 2.00 bits per heavy atom. The number of carbonyl (C=O) groups is 1. The zero-order valence-corrected chi connectivity index (χ0v) is 10.1. The number of hydrogen-bond donors (Lipinski definition) is 3. The number of hydrogen-bond acceptors (Lipinski definition) is 4. The van der Waals surface area contributed by atoms with Gasteiger partial charge in [-0.05, 0) is 19.8 Å². The van der Waals surface area contributed by atoms with Crippen molar-refractivity contribution in [3.05, 3.63) is 11.3 Å². The van der Waals surface area contributed by atoms with Gasteiger partial charge < -0.3 is 10.6 Å². The third kappa shape index (κ3) is 2.96. The Hall–Kier alpha value is -1.08. The third-order valence-corrected chi connectivity index (χ3v) is 3.25. The molecule has 1 unspecified atom stereocenters. The van der Waals surface area contributed by atoms with Crippen LogP contribution in [0, 0.1) is 0 Å². The molecular formula is C9H16N2O4S. The van der Waals surface area contributed by atoms with Crippen LogP contribution in [-0.4, -0.2) is 24.4 Å². The van der Waals surface area contributed by atoms with Crippen molar-refractivity contribution in [2.24, 2.45) is 0 Å². The second-order valence-electron chi connectivity index (χ2n) is 3.72. The number of carbonyl (C=O) groups excluding carboxylic acids is 1. The average Bonchev–Trinajstić information content (AvgIpc) is 2.15. The van der Waals surface area contributed by atoms with Gasteiger partial charge in [-0.25, -0.2) is 0 Å². The summed E-state index contributed by atoms with van der Waals surface area (Å²) in [6.07, 6.45) is 2.41. The van der Waals surface area contributed by atoms with Gasteiger partial charge in [0.15, 0.2) is 0 Å². The van der Waals surface area contributed by atoms with Crippen LogP contribution in [0.1, 0.15) is 33.1 Å². The van der Waals surface area contributed by atoms with Crippen LogP contribution in [0.3, 0.4) is 0 Å². The Kier molecular flexibility index (Phi) is 3.93. The van der Waals surface area contributed by atoms with Gasteiger partial charge in [0.05, 0.1) is 0 Å². The molecule has 7 heteroatoms. The molecule has 1 aliphatic heterocycles. The molecule has 0 bridgehead atoms. The Morgan fingerprint density at radius 1 is 1.38 bits per heavy atom. The van der Waals surface area contributed by atoms with Crippen molar-refractivity contribution in [3.63, 3.8) is 0 Å². The molecule has 1 rings (SSSR count). The highest BCUT2D eigenvalue weighted by atomic mass is 32.2. The summed E-state index contributed by atoms with van der Waals surface area (Å²) in [5.74, 6) is -0.438. The minimum atomic E-state index is -4.31. The van der Waals surface area contributed by atoms with Crippen molar-refractivity contribution in [1.82, 2.24) is 10.6 Å². The van der Waals surface area contributed by atoms with Gasteiger partial charge in [0.25, 0.3) is 5.91 Å². The predicted octanol–water partition coefficient (Wildman–Crippen LogP) is 0.341. The molecule has 0 saturated carbocycles. The standard InChI is InChI=1S/C9H16N2O4S/c1-3-4-5-7-6(2)10-9(11-8(7)12)16(13,14)15/h9-10H,3-5H2,1-2H3,(H,11,12)(H,13,14,15). The van der Waals surface area contributed by atoms with Crippen LogP contribution in [0.25, 0.3) is 0 Å². The number of unbranched alkanes of at least 4 members (excludes halogenated alkanes) is 1. The van der Waals surface area contributed by atoms with Gasteiger partial charge >= 0.3 is 10.1 Å². The van der Waals surface area contributed by atoms with E-state index in [2.05, 4.69) is 10.6 Å². The lowest BCUT2D eigenvalue weighted by molar-refractivity contribution is -0.118. The summed E-state index contributed by atoms with van der Waals surface area (Å²) in [5, 5.41) is 4.76. The van der Waals surface area contributed by atoms with Gasteiger partial charge in [-0.3, -0.25) is 9.35 Å². The monoisotopic (exact) mass is 248 g/mol. The first kappa shape index (κ1) is 13.0. The molecular weight excluding hydrogens is 232 g/mol. The first-order valence-corrected chi connectivity index (χ1v) is 6.60. The van der Waals surface area contributed by atoms with Crippen LogP contribution < -0.4 is 10.6 Å². The molecule has 0 aromatic rings. The topological polar surface area (TPSA) is 95.5 Å². The Balaban J connectivity index is 2.86. The van der Waals surface area contributed by atoms with Crippen molar-refractivity contribution in [1.29, 1.82) is 0 Å². The van der Waals surface area contributed by atoms with E-state index in [0.717, 1.165) is 12.8 Å². The van der Waals surface area contributed by atoms with Crippen LogP contribution >= 0.6 is 0 Å². The molecule has 0 spiro atoms. The van der Waals surface area contributed by atoms with E-state index in [1.54, 1.807) is 6.92 Å². The lowest BCUT2D eigenvalue weighted by Gasteiger charge is -2.26. The molecule has 3 N–H and O–H groups in total. The largest absolute Gasteiger partial charge is 0.354 e. The molecule has 1 amide bonds. The SMILES string of the molecule is CCCCC1=C(C)NC(S(=O)(=O)O)NC1=O. The van der Waals surface area contributed by atoms with E-state index >= 15 is 0 Å². The highest BCUT2D eigenvalue weighted by Gasteiger charge is 2.31. The zero-order chi connectivity index (χ0) is 12.3. The molecule has 1 aliphatic rings. The molecule has 6 nitrogen and oxygen atoms in total. The van der Waals surface area contributed by atoms with Crippen molar-refractivity contribution >= 4 is 16.0 Å². The molecule has 0 aliphatic carbocycles. The first-order valence-electron chi connectivity index (χ1n) is 5.09. The number of allylic oxidation sites excluding steroid dienone is 1. The van der Waals surface area contributed by atoms with E-state index < -0.39 is 21.5 Å². The summed E-state index contributed by atoms with van der Waals surface area (Å²) < 4.78 is 30.5. The summed E-state index contributed by atoms with van der Waals surface area (Å²) in [7, 11) is -4.31. The second kappa shape index (κ2) is 4.84. The van der Waals surface area contributed by atoms with Crippen molar-refractivity contribution in [2.75, 3.05) is 0 Å². The quantitative estimate of drug-likeness (QED) is 0.624. The second-order valence-corrected chi connectivity index (χ2v) is 5.22. The first-order chi connectivity index (χ1) is 7.36. The van der Waals surface area contributed by atoms with Crippen LogP contribution in [0.15, 0.2) is 11.3 Å².